The van der Waals surface area contributed by atoms with E-state index < -0.39 is 0 Å². The highest BCUT2D eigenvalue weighted by Gasteiger charge is 2.21. The van der Waals surface area contributed by atoms with Crippen LogP contribution in [0.25, 0.3) is 0 Å². The lowest BCUT2D eigenvalue weighted by Crippen LogP contribution is -2.45. The van der Waals surface area contributed by atoms with Gasteiger partial charge in [0.1, 0.15) is 5.75 Å². The molecule has 1 N–H and O–H groups in total. The van der Waals surface area contributed by atoms with Crippen LogP contribution in [0, 0.1) is 6.92 Å². The first kappa shape index (κ1) is 16.9. The van der Waals surface area contributed by atoms with Crippen molar-refractivity contribution >= 4 is 0 Å². The average molecular weight is 330 g/mol. The minimum atomic E-state index is 0.474. The lowest BCUT2D eigenvalue weighted by molar-refractivity contribution is 0.177. The highest BCUT2D eigenvalue weighted by Crippen LogP contribution is 2.19. The van der Waals surface area contributed by atoms with Crippen molar-refractivity contribution in [1.82, 2.24) is 20.4 Å². The maximum atomic E-state index is 5.70. The van der Waals surface area contributed by atoms with Crippen LogP contribution in [0.3, 0.4) is 0 Å². The van der Waals surface area contributed by atoms with Crippen LogP contribution < -0.4 is 10.1 Å². The molecule has 1 atom stereocenters. The molecule has 1 saturated heterocycles. The number of hydrogen-bond donors (Lipinski definition) is 1. The topological polar surface area (TPSA) is 63.4 Å². The lowest BCUT2D eigenvalue weighted by Gasteiger charge is -2.32. The van der Waals surface area contributed by atoms with Gasteiger partial charge in [0.2, 0.25) is 5.89 Å². The predicted octanol–water partition coefficient (Wildman–Crippen LogP) is 2.53. The number of aromatic nitrogens is 2. The Labute approximate surface area is 143 Å². The van der Waals surface area contributed by atoms with Gasteiger partial charge in [0, 0.05) is 31.6 Å². The summed E-state index contributed by atoms with van der Waals surface area (Å²) >= 11 is 0. The van der Waals surface area contributed by atoms with E-state index in [9.17, 15) is 0 Å². The zero-order valence-electron chi connectivity index (χ0n) is 14.5. The zero-order valence-corrected chi connectivity index (χ0v) is 14.5. The molecular formula is C18H26N4O2. The molecule has 0 saturated carbocycles. The number of para-hydroxylation sites is 1. The van der Waals surface area contributed by atoms with E-state index in [0.717, 1.165) is 37.8 Å². The van der Waals surface area contributed by atoms with Crippen molar-refractivity contribution in [3.63, 3.8) is 0 Å². The van der Waals surface area contributed by atoms with Gasteiger partial charge in [0.25, 0.3) is 0 Å². The molecule has 6 heteroatoms. The Bertz CT molecular complexity index is 643. The van der Waals surface area contributed by atoms with Crippen LogP contribution >= 0.6 is 0 Å². The van der Waals surface area contributed by atoms with Crippen LogP contribution in [0.4, 0.5) is 0 Å². The van der Waals surface area contributed by atoms with Gasteiger partial charge in [-0.15, -0.1) is 0 Å². The molecule has 130 valence electrons. The molecule has 1 aliphatic rings. The second kappa shape index (κ2) is 8.26. The Morgan fingerprint density at radius 3 is 3.04 bits per heavy atom. The molecule has 1 aromatic heterocycles. The zero-order chi connectivity index (χ0) is 16.8. The monoisotopic (exact) mass is 330 g/mol. The van der Waals surface area contributed by atoms with Gasteiger partial charge in [-0.05, 0) is 32.4 Å². The first-order valence-corrected chi connectivity index (χ1v) is 8.70. The smallest absolute Gasteiger partial charge is 0.223 e. The minimum absolute atomic E-state index is 0.474. The Hall–Kier alpha value is -1.92. The second-order valence-corrected chi connectivity index (χ2v) is 6.23. The molecule has 1 fully saturated rings. The first-order chi connectivity index (χ1) is 11.7. The molecule has 0 amide bonds. The van der Waals surface area contributed by atoms with Crippen LogP contribution in [-0.2, 0) is 13.1 Å². The molecule has 0 unspecified atom stereocenters. The maximum Gasteiger partial charge on any atom is 0.223 e. The van der Waals surface area contributed by atoms with E-state index in [1.165, 1.54) is 18.4 Å². The number of nitrogens with one attached hydrogen (secondary N) is 1. The molecule has 2 aromatic rings. The highest BCUT2D eigenvalue weighted by atomic mass is 16.5. The van der Waals surface area contributed by atoms with Gasteiger partial charge in [-0.1, -0.05) is 23.4 Å². The van der Waals surface area contributed by atoms with Crippen molar-refractivity contribution in [1.29, 1.82) is 0 Å². The van der Waals surface area contributed by atoms with Crippen LogP contribution in [0.5, 0.6) is 5.75 Å². The lowest BCUT2D eigenvalue weighted by atomic mass is 10.0. The fourth-order valence-corrected chi connectivity index (χ4v) is 3.17. The third-order valence-electron chi connectivity index (χ3n) is 4.29. The van der Waals surface area contributed by atoms with Gasteiger partial charge in [0.05, 0.1) is 13.2 Å². The number of nitrogens with zero attached hydrogens (tertiary/aromatic N) is 3. The number of aryl methyl sites for hydroxylation is 1. The van der Waals surface area contributed by atoms with Crippen LogP contribution in [-0.4, -0.2) is 40.8 Å². The number of benzene rings is 1. The summed E-state index contributed by atoms with van der Waals surface area (Å²) in [7, 11) is 0. The maximum absolute atomic E-state index is 5.70. The molecule has 0 aliphatic carbocycles. The number of rotatable bonds is 7. The van der Waals surface area contributed by atoms with Gasteiger partial charge < -0.3 is 14.6 Å². The standard InChI is InChI=1S/C18H26N4O2/c1-3-23-17-9-5-4-7-15(17)11-19-16-8-6-10-22(12-16)13-18-20-14(2)24-21-18/h4-5,7,9,16,19H,3,6,8,10-13H2,1-2H3/t16-/m1/s1. The minimum Gasteiger partial charge on any atom is -0.494 e. The van der Waals surface area contributed by atoms with Gasteiger partial charge in [-0.2, -0.15) is 4.98 Å². The van der Waals surface area contributed by atoms with Crippen molar-refractivity contribution in [2.75, 3.05) is 19.7 Å². The van der Waals surface area contributed by atoms with Crippen LogP contribution in [0.1, 0.15) is 37.0 Å². The van der Waals surface area contributed by atoms with E-state index in [0.29, 0.717) is 18.5 Å². The molecule has 3 rings (SSSR count). The van der Waals surface area contributed by atoms with Crippen molar-refractivity contribution in [3.05, 3.63) is 41.5 Å². The van der Waals surface area contributed by atoms with Crippen LogP contribution in [0.15, 0.2) is 28.8 Å². The fourth-order valence-electron chi connectivity index (χ4n) is 3.17. The molecule has 6 nitrogen and oxygen atoms in total. The molecule has 0 spiro atoms. The molecule has 1 aromatic carbocycles. The van der Waals surface area contributed by atoms with E-state index in [4.69, 9.17) is 9.26 Å². The summed E-state index contributed by atoms with van der Waals surface area (Å²) in [5.74, 6) is 2.38. The Balaban J connectivity index is 1.52. The van der Waals surface area contributed by atoms with Crippen molar-refractivity contribution < 1.29 is 9.26 Å². The summed E-state index contributed by atoms with van der Waals surface area (Å²) in [6, 6.07) is 8.71. The third kappa shape index (κ3) is 4.55. The summed E-state index contributed by atoms with van der Waals surface area (Å²) in [6.07, 6.45) is 2.38. The van der Waals surface area contributed by atoms with E-state index in [2.05, 4.69) is 32.5 Å². The van der Waals surface area contributed by atoms with Gasteiger partial charge in [-0.3, -0.25) is 4.90 Å². The van der Waals surface area contributed by atoms with E-state index >= 15 is 0 Å². The Kier molecular flexibility index (Phi) is 5.82. The number of likely N-dealkylation sites (tertiary alicyclic amines) is 1. The summed E-state index contributed by atoms with van der Waals surface area (Å²) < 4.78 is 10.8. The number of hydrogen-bond acceptors (Lipinski definition) is 6. The first-order valence-electron chi connectivity index (χ1n) is 8.70. The highest BCUT2D eigenvalue weighted by molar-refractivity contribution is 5.33. The fraction of sp³-hybridized carbons (Fsp3) is 0.556. The van der Waals surface area contributed by atoms with Gasteiger partial charge >= 0.3 is 0 Å². The van der Waals surface area contributed by atoms with Crippen molar-refractivity contribution in [2.24, 2.45) is 0 Å². The van der Waals surface area contributed by atoms with E-state index in [1.807, 2.05) is 26.0 Å². The quantitative estimate of drug-likeness (QED) is 0.842. The molecule has 1 aliphatic heterocycles. The van der Waals surface area contributed by atoms with Crippen molar-refractivity contribution in [2.45, 2.75) is 45.8 Å². The number of ether oxygens (including phenoxy) is 1. The summed E-state index contributed by atoms with van der Waals surface area (Å²) in [5.41, 5.74) is 1.21. The van der Waals surface area contributed by atoms with Crippen LogP contribution in [0.2, 0.25) is 0 Å². The van der Waals surface area contributed by atoms with E-state index in [1.54, 1.807) is 0 Å². The Morgan fingerprint density at radius 1 is 1.38 bits per heavy atom. The largest absolute Gasteiger partial charge is 0.494 e. The van der Waals surface area contributed by atoms with Crippen molar-refractivity contribution in [3.8, 4) is 5.75 Å². The molecule has 2 heterocycles. The second-order valence-electron chi connectivity index (χ2n) is 6.23. The van der Waals surface area contributed by atoms with Gasteiger partial charge in [-0.25, -0.2) is 0 Å². The SMILES string of the molecule is CCOc1ccccc1CN[C@@H]1CCCN(Cc2noc(C)n2)C1. The predicted molar refractivity (Wildman–Crippen MR) is 91.8 cm³/mol. The summed E-state index contributed by atoms with van der Waals surface area (Å²) in [6.45, 7) is 8.21. The molecule has 0 bridgehead atoms. The third-order valence-corrected chi connectivity index (χ3v) is 4.29. The van der Waals surface area contributed by atoms with E-state index in [-0.39, 0.29) is 0 Å². The molecule has 24 heavy (non-hydrogen) atoms. The Morgan fingerprint density at radius 2 is 2.25 bits per heavy atom. The summed E-state index contributed by atoms with van der Waals surface area (Å²) in [5, 5.41) is 7.67. The molecular weight excluding hydrogens is 304 g/mol. The number of piperidine rings is 1. The normalized spacial score (nSPS) is 18.7. The summed E-state index contributed by atoms with van der Waals surface area (Å²) in [4.78, 5) is 6.69. The molecule has 0 radical (unpaired) electrons. The van der Waals surface area contributed by atoms with Gasteiger partial charge in [0.15, 0.2) is 5.82 Å². The average Bonchev–Trinajstić information content (AvgIpc) is 3.00.